The van der Waals surface area contributed by atoms with Crippen LogP contribution >= 0.6 is 27.5 Å². The van der Waals surface area contributed by atoms with Gasteiger partial charge in [0.1, 0.15) is 11.5 Å². The predicted octanol–water partition coefficient (Wildman–Crippen LogP) is 4.73. The Morgan fingerprint density at radius 1 is 1.10 bits per heavy atom. The van der Waals surface area contributed by atoms with E-state index in [-0.39, 0.29) is 0 Å². The first kappa shape index (κ1) is 15.0. The molecule has 0 aliphatic rings. The molecular weight excluding hydrogens is 342 g/mol. The summed E-state index contributed by atoms with van der Waals surface area (Å²) in [5.41, 5.74) is 2.05. The third kappa shape index (κ3) is 3.81. The van der Waals surface area contributed by atoms with Crippen LogP contribution in [-0.4, -0.2) is 14.2 Å². The fourth-order valence-electron chi connectivity index (χ4n) is 1.81. The molecule has 0 saturated heterocycles. The van der Waals surface area contributed by atoms with Crippen LogP contribution in [0.5, 0.6) is 11.5 Å². The maximum absolute atomic E-state index is 6.10. The SMILES string of the molecule is COc1cc(Br)cc(NCc2ccc(OC)c(Cl)c2)c1. The molecule has 5 heteroatoms. The molecule has 0 aliphatic heterocycles. The molecule has 20 heavy (non-hydrogen) atoms. The molecule has 3 nitrogen and oxygen atoms in total. The van der Waals surface area contributed by atoms with Crippen LogP contribution in [0.15, 0.2) is 40.9 Å². The minimum absolute atomic E-state index is 0.610. The van der Waals surface area contributed by atoms with Gasteiger partial charge >= 0.3 is 0 Å². The average molecular weight is 357 g/mol. The van der Waals surface area contributed by atoms with E-state index in [1.807, 2.05) is 36.4 Å². The topological polar surface area (TPSA) is 30.5 Å². The molecule has 0 atom stereocenters. The second-order valence-electron chi connectivity index (χ2n) is 4.20. The van der Waals surface area contributed by atoms with Gasteiger partial charge in [-0.05, 0) is 29.8 Å². The zero-order chi connectivity index (χ0) is 14.5. The number of hydrogen-bond donors (Lipinski definition) is 1. The average Bonchev–Trinajstić information content (AvgIpc) is 2.44. The van der Waals surface area contributed by atoms with Gasteiger partial charge in [0, 0.05) is 22.8 Å². The third-order valence-electron chi connectivity index (χ3n) is 2.82. The van der Waals surface area contributed by atoms with Gasteiger partial charge in [-0.3, -0.25) is 0 Å². The van der Waals surface area contributed by atoms with Crippen LogP contribution in [0.25, 0.3) is 0 Å². The van der Waals surface area contributed by atoms with Crippen LogP contribution in [-0.2, 0) is 6.54 Å². The molecule has 0 spiro atoms. The minimum Gasteiger partial charge on any atom is -0.497 e. The molecule has 0 bridgehead atoms. The highest BCUT2D eigenvalue weighted by Crippen LogP contribution is 2.27. The summed E-state index contributed by atoms with van der Waals surface area (Å²) in [5, 5.41) is 3.94. The monoisotopic (exact) mass is 355 g/mol. The lowest BCUT2D eigenvalue weighted by Gasteiger charge is -2.10. The Bertz CT molecular complexity index is 604. The van der Waals surface area contributed by atoms with Crippen LogP contribution in [0.3, 0.4) is 0 Å². The molecule has 1 N–H and O–H groups in total. The van der Waals surface area contributed by atoms with Crippen LogP contribution < -0.4 is 14.8 Å². The summed E-state index contributed by atoms with van der Waals surface area (Å²) in [4.78, 5) is 0. The van der Waals surface area contributed by atoms with Gasteiger partial charge in [-0.25, -0.2) is 0 Å². The van der Waals surface area contributed by atoms with E-state index in [2.05, 4.69) is 21.2 Å². The Balaban J connectivity index is 2.08. The van der Waals surface area contributed by atoms with E-state index in [0.29, 0.717) is 17.3 Å². The fraction of sp³-hybridized carbons (Fsp3) is 0.200. The Kier molecular flexibility index (Phi) is 5.15. The first-order valence-electron chi connectivity index (χ1n) is 6.03. The van der Waals surface area contributed by atoms with Gasteiger partial charge in [-0.2, -0.15) is 0 Å². The zero-order valence-electron chi connectivity index (χ0n) is 11.2. The van der Waals surface area contributed by atoms with E-state index in [9.17, 15) is 0 Å². The number of hydrogen-bond acceptors (Lipinski definition) is 3. The molecule has 0 fully saturated rings. The molecule has 0 saturated carbocycles. The lowest BCUT2D eigenvalue weighted by atomic mass is 10.2. The van der Waals surface area contributed by atoms with Crippen LogP contribution in [0.2, 0.25) is 5.02 Å². The van der Waals surface area contributed by atoms with E-state index in [1.54, 1.807) is 14.2 Å². The van der Waals surface area contributed by atoms with Crippen molar-refractivity contribution in [3.63, 3.8) is 0 Å². The highest BCUT2D eigenvalue weighted by molar-refractivity contribution is 9.10. The lowest BCUT2D eigenvalue weighted by molar-refractivity contribution is 0.414. The summed E-state index contributed by atoms with van der Waals surface area (Å²) in [6, 6.07) is 11.6. The number of halogens is 2. The van der Waals surface area contributed by atoms with Crippen molar-refractivity contribution in [2.45, 2.75) is 6.54 Å². The van der Waals surface area contributed by atoms with Crippen molar-refractivity contribution in [2.24, 2.45) is 0 Å². The normalized spacial score (nSPS) is 10.2. The van der Waals surface area contributed by atoms with Gasteiger partial charge in [0.25, 0.3) is 0 Å². The molecule has 2 aromatic rings. The first-order chi connectivity index (χ1) is 9.62. The van der Waals surface area contributed by atoms with Crippen molar-refractivity contribution in [3.05, 3.63) is 51.5 Å². The molecule has 106 valence electrons. The zero-order valence-corrected chi connectivity index (χ0v) is 13.6. The number of anilines is 1. The largest absolute Gasteiger partial charge is 0.497 e. The molecule has 0 unspecified atom stereocenters. The molecule has 0 radical (unpaired) electrons. The Hall–Kier alpha value is -1.39. The van der Waals surface area contributed by atoms with Crippen molar-refractivity contribution < 1.29 is 9.47 Å². The second-order valence-corrected chi connectivity index (χ2v) is 5.53. The van der Waals surface area contributed by atoms with Gasteiger partial charge in [0.15, 0.2) is 0 Å². The number of methoxy groups -OCH3 is 2. The predicted molar refractivity (Wildman–Crippen MR) is 86.0 cm³/mol. The van der Waals surface area contributed by atoms with Gasteiger partial charge < -0.3 is 14.8 Å². The van der Waals surface area contributed by atoms with Gasteiger partial charge in [0.2, 0.25) is 0 Å². The van der Waals surface area contributed by atoms with Crippen molar-refractivity contribution in [1.29, 1.82) is 0 Å². The van der Waals surface area contributed by atoms with Crippen LogP contribution in [0.4, 0.5) is 5.69 Å². The Labute approximate surface area is 132 Å². The van der Waals surface area contributed by atoms with E-state index in [4.69, 9.17) is 21.1 Å². The Morgan fingerprint density at radius 3 is 2.55 bits per heavy atom. The summed E-state index contributed by atoms with van der Waals surface area (Å²) in [7, 11) is 3.25. The summed E-state index contributed by atoms with van der Waals surface area (Å²) in [5.74, 6) is 1.48. The molecule has 2 aromatic carbocycles. The van der Waals surface area contributed by atoms with Gasteiger partial charge in [-0.15, -0.1) is 0 Å². The smallest absolute Gasteiger partial charge is 0.137 e. The van der Waals surface area contributed by atoms with Crippen LogP contribution in [0, 0.1) is 0 Å². The summed E-state index contributed by atoms with van der Waals surface area (Å²) in [6.07, 6.45) is 0. The molecule has 2 rings (SSSR count). The summed E-state index contributed by atoms with van der Waals surface area (Å²) in [6.45, 7) is 0.670. The number of nitrogens with one attached hydrogen (secondary N) is 1. The van der Waals surface area contributed by atoms with Crippen LogP contribution in [0.1, 0.15) is 5.56 Å². The second kappa shape index (κ2) is 6.86. The quantitative estimate of drug-likeness (QED) is 0.840. The lowest BCUT2D eigenvalue weighted by Crippen LogP contribution is -2.00. The van der Waals surface area contributed by atoms with Gasteiger partial charge in [0.05, 0.1) is 19.2 Å². The van der Waals surface area contributed by atoms with Crippen molar-refractivity contribution >= 4 is 33.2 Å². The maximum Gasteiger partial charge on any atom is 0.137 e. The van der Waals surface area contributed by atoms with Crippen molar-refractivity contribution in [2.75, 3.05) is 19.5 Å². The van der Waals surface area contributed by atoms with Crippen molar-refractivity contribution in [1.82, 2.24) is 0 Å². The minimum atomic E-state index is 0.610. The first-order valence-corrected chi connectivity index (χ1v) is 7.20. The third-order valence-corrected chi connectivity index (χ3v) is 3.57. The summed E-state index contributed by atoms with van der Waals surface area (Å²) >= 11 is 9.56. The number of rotatable bonds is 5. The molecular formula is C15H15BrClNO2. The maximum atomic E-state index is 6.10. The highest BCUT2D eigenvalue weighted by Gasteiger charge is 2.03. The highest BCUT2D eigenvalue weighted by atomic mass is 79.9. The van der Waals surface area contributed by atoms with Crippen molar-refractivity contribution in [3.8, 4) is 11.5 Å². The fourth-order valence-corrected chi connectivity index (χ4v) is 2.56. The molecule has 0 heterocycles. The number of benzene rings is 2. The Morgan fingerprint density at radius 2 is 1.90 bits per heavy atom. The molecule has 0 aliphatic carbocycles. The van der Waals surface area contributed by atoms with Gasteiger partial charge in [-0.1, -0.05) is 33.6 Å². The molecule has 0 aromatic heterocycles. The van der Waals surface area contributed by atoms with E-state index >= 15 is 0 Å². The van der Waals surface area contributed by atoms with E-state index in [1.165, 1.54) is 0 Å². The summed E-state index contributed by atoms with van der Waals surface area (Å²) < 4.78 is 11.3. The standard InChI is InChI=1S/C15H15BrClNO2/c1-19-13-7-11(16)6-12(8-13)18-9-10-3-4-15(20-2)14(17)5-10/h3-8,18H,9H2,1-2H3. The van der Waals surface area contributed by atoms with E-state index in [0.717, 1.165) is 21.5 Å². The molecule has 0 amide bonds. The van der Waals surface area contributed by atoms with E-state index < -0.39 is 0 Å². The number of ether oxygens (including phenoxy) is 2.